The molecule has 104 valence electrons. The highest BCUT2D eigenvalue weighted by Crippen LogP contribution is 2.47. The first-order valence-electron chi connectivity index (χ1n) is 6.90. The molecule has 0 aliphatic heterocycles. The van der Waals surface area contributed by atoms with Gasteiger partial charge >= 0.3 is 0 Å². The number of aliphatic hydroxyl groups is 1. The molecule has 1 aliphatic carbocycles. The minimum atomic E-state index is -0.676. The molecule has 0 radical (unpaired) electrons. The topological polar surface area (TPSA) is 46.2 Å². The second-order valence-electron chi connectivity index (χ2n) is 5.44. The van der Waals surface area contributed by atoms with E-state index in [1.807, 2.05) is 36.4 Å². The lowest BCUT2D eigenvalue weighted by Crippen LogP contribution is -2.39. The summed E-state index contributed by atoms with van der Waals surface area (Å²) in [5.41, 5.74) is 8.84. The Hall–Kier alpha value is -1.35. The maximum atomic E-state index is 10.9. The molecule has 3 rings (SSSR count). The van der Waals surface area contributed by atoms with Gasteiger partial charge in [-0.1, -0.05) is 54.1 Å². The van der Waals surface area contributed by atoms with Gasteiger partial charge in [0.05, 0.1) is 6.10 Å². The van der Waals surface area contributed by atoms with Gasteiger partial charge in [0, 0.05) is 22.5 Å². The smallest absolute Gasteiger partial charge is 0.0913 e. The van der Waals surface area contributed by atoms with Crippen LogP contribution in [0.15, 0.2) is 48.5 Å². The highest BCUT2D eigenvalue weighted by Gasteiger charge is 2.44. The fourth-order valence-corrected chi connectivity index (χ4v) is 3.56. The molecule has 1 aliphatic rings. The van der Waals surface area contributed by atoms with E-state index < -0.39 is 11.5 Å². The van der Waals surface area contributed by atoms with Gasteiger partial charge in [0.2, 0.25) is 0 Å². The van der Waals surface area contributed by atoms with Gasteiger partial charge in [0.15, 0.2) is 0 Å². The molecular formula is C17H18ClNO. The zero-order valence-corrected chi connectivity index (χ0v) is 12.0. The third-order valence-corrected chi connectivity index (χ3v) is 4.83. The Morgan fingerprint density at radius 3 is 2.60 bits per heavy atom. The highest BCUT2D eigenvalue weighted by molar-refractivity contribution is 6.31. The number of aryl methyl sites for hydroxylation is 1. The lowest BCUT2D eigenvalue weighted by molar-refractivity contribution is 0.0841. The summed E-state index contributed by atoms with van der Waals surface area (Å²) in [6.07, 6.45) is 1.13. The molecule has 0 saturated heterocycles. The Morgan fingerprint density at radius 2 is 1.85 bits per heavy atom. The quantitative estimate of drug-likeness (QED) is 0.910. The molecule has 3 heteroatoms. The summed E-state index contributed by atoms with van der Waals surface area (Å²) < 4.78 is 0. The molecule has 0 heterocycles. The van der Waals surface area contributed by atoms with Crippen LogP contribution in [0, 0.1) is 0 Å². The summed E-state index contributed by atoms with van der Waals surface area (Å²) in [4.78, 5) is 0. The van der Waals surface area contributed by atoms with Crippen LogP contribution in [-0.2, 0) is 11.8 Å². The SMILES string of the molecule is NCC1(C(O)c2ccccc2Cl)CCc2ccccc21. The van der Waals surface area contributed by atoms with E-state index in [2.05, 4.69) is 12.1 Å². The molecule has 0 amide bonds. The van der Waals surface area contributed by atoms with E-state index in [1.54, 1.807) is 0 Å². The van der Waals surface area contributed by atoms with Gasteiger partial charge in [-0.3, -0.25) is 0 Å². The average molecular weight is 288 g/mol. The van der Waals surface area contributed by atoms with Crippen molar-refractivity contribution in [1.82, 2.24) is 0 Å². The average Bonchev–Trinajstić information content (AvgIpc) is 2.87. The molecule has 2 nitrogen and oxygen atoms in total. The molecule has 20 heavy (non-hydrogen) atoms. The molecular weight excluding hydrogens is 270 g/mol. The number of hydrogen-bond acceptors (Lipinski definition) is 2. The maximum Gasteiger partial charge on any atom is 0.0913 e. The lowest BCUT2D eigenvalue weighted by Gasteiger charge is -2.35. The summed E-state index contributed by atoms with van der Waals surface area (Å²) in [6.45, 7) is 0.413. The molecule has 0 fully saturated rings. The fourth-order valence-electron chi connectivity index (χ4n) is 3.32. The number of halogens is 1. The van der Waals surface area contributed by atoms with Crippen LogP contribution < -0.4 is 5.73 Å². The molecule has 2 atom stereocenters. The van der Waals surface area contributed by atoms with Crippen molar-refractivity contribution >= 4 is 11.6 Å². The van der Waals surface area contributed by atoms with Crippen molar-refractivity contribution in [2.45, 2.75) is 24.4 Å². The monoisotopic (exact) mass is 287 g/mol. The molecule has 3 N–H and O–H groups in total. The van der Waals surface area contributed by atoms with Crippen molar-refractivity contribution in [2.75, 3.05) is 6.54 Å². The first kappa shape index (κ1) is 13.6. The highest BCUT2D eigenvalue weighted by atomic mass is 35.5. The molecule has 0 bridgehead atoms. The van der Waals surface area contributed by atoms with E-state index in [4.69, 9.17) is 17.3 Å². The summed E-state index contributed by atoms with van der Waals surface area (Å²) >= 11 is 6.24. The zero-order valence-electron chi connectivity index (χ0n) is 11.2. The Balaban J connectivity index is 2.10. The van der Waals surface area contributed by atoms with Crippen LogP contribution in [0.3, 0.4) is 0 Å². The lowest BCUT2D eigenvalue weighted by atomic mass is 9.74. The van der Waals surface area contributed by atoms with Gasteiger partial charge in [0.25, 0.3) is 0 Å². The van der Waals surface area contributed by atoms with Gasteiger partial charge in [-0.25, -0.2) is 0 Å². The molecule has 0 saturated carbocycles. The number of rotatable bonds is 3. The van der Waals surface area contributed by atoms with Gasteiger partial charge in [0.1, 0.15) is 0 Å². The van der Waals surface area contributed by atoms with Crippen LogP contribution in [0.4, 0.5) is 0 Å². The van der Waals surface area contributed by atoms with E-state index in [-0.39, 0.29) is 0 Å². The fraction of sp³-hybridized carbons (Fsp3) is 0.294. The minimum Gasteiger partial charge on any atom is -0.387 e. The molecule has 2 unspecified atom stereocenters. The molecule has 2 aromatic carbocycles. The number of nitrogens with two attached hydrogens (primary N) is 1. The summed E-state index contributed by atoms with van der Waals surface area (Å²) in [5, 5.41) is 11.5. The maximum absolute atomic E-state index is 10.9. The predicted molar refractivity (Wildman–Crippen MR) is 81.9 cm³/mol. The first-order chi connectivity index (χ1) is 9.69. The van der Waals surface area contributed by atoms with Crippen LogP contribution >= 0.6 is 11.6 Å². The summed E-state index contributed by atoms with van der Waals surface area (Å²) in [7, 11) is 0. The van der Waals surface area contributed by atoms with E-state index in [9.17, 15) is 5.11 Å². The van der Waals surface area contributed by atoms with Crippen LogP contribution in [-0.4, -0.2) is 11.7 Å². The van der Waals surface area contributed by atoms with Crippen molar-refractivity contribution in [3.05, 3.63) is 70.2 Å². The normalized spacial score (nSPS) is 22.6. The second kappa shape index (κ2) is 5.21. The number of fused-ring (bicyclic) bond motifs is 1. The van der Waals surface area contributed by atoms with E-state index in [0.717, 1.165) is 24.0 Å². The van der Waals surface area contributed by atoms with Gasteiger partial charge in [-0.05, 0) is 30.0 Å². The van der Waals surface area contributed by atoms with E-state index >= 15 is 0 Å². The third-order valence-electron chi connectivity index (χ3n) is 4.48. The van der Waals surface area contributed by atoms with Gasteiger partial charge < -0.3 is 10.8 Å². The van der Waals surface area contributed by atoms with Crippen LogP contribution in [0.2, 0.25) is 5.02 Å². The number of aliphatic hydroxyl groups excluding tert-OH is 1. The largest absolute Gasteiger partial charge is 0.387 e. The van der Waals surface area contributed by atoms with Crippen LogP contribution in [0.25, 0.3) is 0 Å². The standard InChI is InChI=1S/C17H18ClNO/c18-15-8-4-2-6-13(15)16(20)17(11-19)10-9-12-5-1-3-7-14(12)17/h1-8,16,20H,9-11,19H2. The van der Waals surface area contributed by atoms with E-state index in [1.165, 1.54) is 5.56 Å². The van der Waals surface area contributed by atoms with Crippen molar-refractivity contribution in [2.24, 2.45) is 5.73 Å². The second-order valence-corrected chi connectivity index (χ2v) is 5.85. The van der Waals surface area contributed by atoms with Crippen molar-refractivity contribution in [1.29, 1.82) is 0 Å². The Kier molecular flexibility index (Phi) is 3.55. The summed E-state index contributed by atoms with van der Waals surface area (Å²) in [6, 6.07) is 15.7. The Morgan fingerprint density at radius 1 is 1.15 bits per heavy atom. The first-order valence-corrected chi connectivity index (χ1v) is 7.28. The number of hydrogen-bond donors (Lipinski definition) is 2. The van der Waals surface area contributed by atoms with Crippen molar-refractivity contribution < 1.29 is 5.11 Å². The molecule has 2 aromatic rings. The zero-order chi connectivity index (χ0) is 14.2. The van der Waals surface area contributed by atoms with Gasteiger partial charge in [-0.2, -0.15) is 0 Å². The summed E-state index contributed by atoms with van der Waals surface area (Å²) in [5.74, 6) is 0. The minimum absolute atomic E-state index is 0.413. The molecule has 0 spiro atoms. The van der Waals surface area contributed by atoms with Crippen LogP contribution in [0.5, 0.6) is 0 Å². The Bertz CT molecular complexity index is 628. The predicted octanol–water partition coefficient (Wildman–Crippen LogP) is 3.22. The van der Waals surface area contributed by atoms with Crippen molar-refractivity contribution in [3.8, 4) is 0 Å². The van der Waals surface area contributed by atoms with Crippen LogP contribution in [0.1, 0.15) is 29.2 Å². The Labute approximate surface area is 124 Å². The molecule has 0 aromatic heterocycles. The van der Waals surface area contributed by atoms with E-state index in [0.29, 0.717) is 11.6 Å². The van der Waals surface area contributed by atoms with Crippen molar-refractivity contribution in [3.63, 3.8) is 0 Å². The van der Waals surface area contributed by atoms with Gasteiger partial charge in [-0.15, -0.1) is 0 Å². The number of benzene rings is 2. The third kappa shape index (κ3) is 1.96.